The molecule has 1 rings (SSSR count). The quantitative estimate of drug-likeness (QED) is 0.389. The summed E-state index contributed by atoms with van der Waals surface area (Å²) >= 11 is 1.87. The fourth-order valence-electron chi connectivity index (χ4n) is 2.01. The third kappa shape index (κ3) is 8.69. The van der Waals surface area contributed by atoms with Gasteiger partial charge in [-0.25, -0.2) is 4.39 Å². The number of hydrogen-bond acceptors (Lipinski definition) is 3. The van der Waals surface area contributed by atoms with Crippen molar-refractivity contribution >= 4 is 17.7 Å². The van der Waals surface area contributed by atoms with Crippen molar-refractivity contribution in [2.24, 2.45) is 4.99 Å². The van der Waals surface area contributed by atoms with Gasteiger partial charge in [0.05, 0.1) is 6.54 Å². The number of aliphatic imine (C=N–C) groups is 1. The van der Waals surface area contributed by atoms with E-state index in [9.17, 15) is 4.39 Å². The largest absolute Gasteiger partial charge is 0.489 e. The summed E-state index contributed by atoms with van der Waals surface area (Å²) in [5.41, 5.74) is 0. The maximum absolute atomic E-state index is 13.2. The number of rotatable bonds is 10. The number of hydrogen-bond donors (Lipinski definition) is 2. The van der Waals surface area contributed by atoms with E-state index in [0.29, 0.717) is 12.3 Å². The van der Waals surface area contributed by atoms with E-state index in [4.69, 9.17) is 4.74 Å². The molecule has 6 heteroatoms. The van der Waals surface area contributed by atoms with Gasteiger partial charge in [0.1, 0.15) is 17.7 Å². The normalized spacial score (nSPS) is 12.8. The van der Waals surface area contributed by atoms with E-state index < -0.39 is 0 Å². The fraction of sp³-hybridized carbons (Fsp3) is 0.588. The fourth-order valence-corrected chi connectivity index (χ4v) is 2.50. The second-order valence-electron chi connectivity index (χ2n) is 5.19. The average Bonchev–Trinajstić information content (AvgIpc) is 2.56. The van der Waals surface area contributed by atoms with Crippen molar-refractivity contribution in [2.45, 2.75) is 32.3 Å². The van der Waals surface area contributed by atoms with Gasteiger partial charge in [-0.3, -0.25) is 4.99 Å². The van der Waals surface area contributed by atoms with Gasteiger partial charge in [-0.15, -0.1) is 0 Å². The highest BCUT2D eigenvalue weighted by atomic mass is 32.2. The number of nitrogens with one attached hydrogen (secondary N) is 2. The Balaban J connectivity index is 2.34. The molecule has 1 aromatic carbocycles. The number of nitrogens with zero attached hydrogens (tertiary/aromatic N) is 1. The van der Waals surface area contributed by atoms with Crippen LogP contribution in [0.1, 0.15) is 26.2 Å². The maximum Gasteiger partial charge on any atom is 0.191 e. The minimum Gasteiger partial charge on any atom is -0.489 e. The van der Waals surface area contributed by atoms with Crippen LogP contribution in [0.3, 0.4) is 0 Å². The number of benzene rings is 1. The van der Waals surface area contributed by atoms with Gasteiger partial charge in [0.2, 0.25) is 0 Å². The first kappa shape index (κ1) is 19.6. The topological polar surface area (TPSA) is 45.7 Å². The second-order valence-corrected chi connectivity index (χ2v) is 6.17. The van der Waals surface area contributed by atoms with Crippen molar-refractivity contribution in [3.63, 3.8) is 0 Å². The molecule has 0 aliphatic carbocycles. The van der Waals surface area contributed by atoms with Gasteiger partial charge in [-0.05, 0) is 43.4 Å². The van der Waals surface area contributed by atoms with Gasteiger partial charge in [0, 0.05) is 19.7 Å². The molecule has 0 heterocycles. The lowest BCUT2D eigenvalue weighted by Crippen LogP contribution is -2.42. The Labute approximate surface area is 143 Å². The summed E-state index contributed by atoms with van der Waals surface area (Å²) in [4.78, 5) is 4.21. The van der Waals surface area contributed by atoms with E-state index in [1.165, 1.54) is 24.3 Å². The molecule has 2 N–H and O–H groups in total. The van der Waals surface area contributed by atoms with Gasteiger partial charge in [0.15, 0.2) is 5.96 Å². The zero-order valence-corrected chi connectivity index (χ0v) is 15.1. The molecule has 0 saturated heterocycles. The molecule has 4 nitrogen and oxygen atoms in total. The van der Waals surface area contributed by atoms with Gasteiger partial charge < -0.3 is 15.4 Å². The molecule has 0 radical (unpaired) electrons. The van der Waals surface area contributed by atoms with Crippen molar-refractivity contribution in [1.82, 2.24) is 10.6 Å². The lowest BCUT2D eigenvalue weighted by Gasteiger charge is -2.20. The van der Waals surface area contributed by atoms with Crippen LogP contribution in [-0.2, 0) is 0 Å². The molecular formula is C17H28FN3OS. The number of unbranched alkanes of at least 4 members (excludes halogenated alkanes) is 1. The molecule has 1 atom stereocenters. The van der Waals surface area contributed by atoms with Gasteiger partial charge >= 0.3 is 0 Å². The van der Waals surface area contributed by atoms with E-state index in [0.717, 1.165) is 25.3 Å². The molecule has 130 valence electrons. The number of guanidine groups is 1. The standard InChI is InChI=1S/C17H28FN3OS/c1-4-15(22-16-9-7-8-14(18)12-16)13-21-17(19-2)20-10-5-6-11-23-3/h7-9,12,15H,4-6,10-11,13H2,1-3H3,(H2,19,20,21). The maximum atomic E-state index is 13.2. The Morgan fingerprint density at radius 2 is 2.17 bits per heavy atom. The van der Waals surface area contributed by atoms with Crippen LogP contribution in [0.4, 0.5) is 4.39 Å². The highest BCUT2D eigenvalue weighted by molar-refractivity contribution is 7.98. The molecule has 0 saturated carbocycles. The summed E-state index contributed by atoms with van der Waals surface area (Å²) in [5.74, 6) is 2.23. The molecule has 23 heavy (non-hydrogen) atoms. The molecule has 1 aromatic rings. The molecule has 0 bridgehead atoms. The monoisotopic (exact) mass is 341 g/mol. The summed E-state index contributed by atoms with van der Waals surface area (Å²) in [5, 5.41) is 6.56. The van der Waals surface area contributed by atoms with Crippen molar-refractivity contribution in [3.05, 3.63) is 30.1 Å². The molecule has 1 unspecified atom stereocenters. The first-order valence-electron chi connectivity index (χ1n) is 8.05. The van der Waals surface area contributed by atoms with Gasteiger partial charge in [-0.1, -0.05) is 13.0 Å². The van der Waals surface area contributed by atoms with Gasteiger partial charge in [-0.2, -0.15) is 11.8 Å². The van der Waals surface area contributed by atoms with Crippen LogP contribution < -0.4 is 15.4 Å². The van der Waals surface area contributed by atoms with Crippen molar-refractivity contribution in [3.8, 4) is 5.75 Å². The summed E-state index contributed by atoms with van der Waals surface area (Å²) < 4.78 is 19.0. The minimum absolute atomic E-state index is 0.0353. The van der Waals surface area contributed by atoms with Crippen molar-refractivity contribution in [2.75, 3.05) is 32.1 Å². The number of halogens is 1. The predicted octanol–water partition coefficient (Wildman–Crippen LogP) is 3.29. The summed E-state index contributed by atoms with van der Waals surface area (Å²) in [6.07, 6.45) is 5.24. The molecule has 0 spiro atoms. The first-order chi connectivity index (χ1) is 11.2. The van der Waals surface area contributed by atoms with Gasteiger partial charge in [0.25, 0.3) is 0 Å². The van der Waals surface area contributed by atoms with Crippen LogP contribution in [-0.4, -0.2) is 44.2 Å². The second kappa shape index (κ2) is 12.0. The molecular weight excluding hydrogens is 313 g/mol. The third-order valence-electron chi connectivity index (χ3n) is 3.34. The molecule has 0 aliphatic rings. The zero-order chi connectivity index (χ0) is 16.9. The summed E-state index contributed by atoms with van der Waals surface area (Å²) in [6.45, 7) is 3.57. The average molecular weight is 341 g/mol. The molecule has 0 aromatic heterocycles. The third-order valence-corrected chi connectivity index (χ3v) is 4.04. The Kier molecular flexibility index (Phi) is 10.3. The smallest absolute Gasteiger partial charge is 0.191 e. The predicted molar refractivity (Wildman–Crippen MR) is 98.1 cm³/mol. The minimum atomic E-state index is -0.284. The van der Waals surface area contributed by atoms with Crippen molar-refractivity contribution < 1.29 is 9.13 Å². The molecule has 0 aliphatic heterocycles. The van der Waals surface area contributed by atoms with Crippen LogP contribution in [0, 0.1) is 5.82 Å². The van der Waals surface area contributed by atoms with Crippen molar-refractivity contribution in [1.29, 1.82) is 0 Å². The Hall–Kier alpha value is -1.43. The summed E-state index contributed by atoms with van der Waals surface area (Å²) in [6, 6.07) is 6.24. The number of ether oxygens (including phenoxy) is 1. The number of thioether (sulfide) groups is 1. The molecule has 0 amide bonds. The SMILES string of the molecule is CCC(CNC(=NC)NCCCCSC)Oc1cccc(F)c1. The van der Waals surface area contributed by atoms with E-state index in [1.54, 1.807) is 19.2 Å². The van der Waals surface area contributed by atoms with Crippen LogP contribution in [0.15, 0.2) is 29.3 Å². The van der Waals surface area contributed by atoms with Crippen LogP contribution in [0.25, 0.3) is 0 Å². The zero-order valence-electron chi connectivity index (χ0n) is 14.3. The highest BCUT2D eigenvalue weighted by Gasteiger charge is 2.09. The van der Waals surface area contributed by atoms with Crippen LogP contribution in [0.2, 0.25) is 0 Å². The Bertz CT molecular complexity index is 471. The summed E-state index contributed by atoms with van der Waals surface area (Å²) in [7, 11) is 1.76. The first-order valence-corrected chi connectivity index (χ1v) is 9.44. The van der Waals surface area contributed by atoms with E-state index in [1.807, 2.05) is 18.7 Å². The van der Waals surface area contributed by atoms with Crippen LogP contribution in [0.5, 0.6) is 5.75 Å². The Morgan fingerprint density at radius 1 is 1.35 bits per heavy atom. The lowest BCUT2D eigenvalue weighted by atomic mass is 10.2. The highest BCUT2D eigenvalue weighted by Crippen LogP contribution is 2.14. The van der Waals surface area contributed by atoms with E-state index >= 15 is 0 Å². The lowest BCUT2D eigenvalue weighted by molar-refractivity contribution is 0.199. The van der Waals surface area contributed by atoms with E-state index in [2.05, 4.69) is 21.9 Å². The molecule has 0 fully saturated rings. The van der Waals surface area contributed by atoms with Crippen LogP contribution >= 0.6 is 11.8 Å². The Morgan fingerprint density at radius 3 is 2.83 bits per heavy atom. The van der Waals surface area contributed by atoms with E-state index in [-0.39, 0.29) is 11.9 Å².